The smallest absolute Gasteiger partial charge is 0.255 e. The van der Waals surface area contributed by atoms with Gasteiger partial charge in [-0.3, -0.25) is 9.59 Å². The average Bonchev–Trinajstić information content (AvgIpc) is 3.50. The highest BCUT2D eigenvalue weighted by molar-refractivity contribution is 5.94. The Hall–Kier alpha value is -3.20. The van der Waals surface area contributed by atoms with Crippen LogP contribution in [0.5, 0.6) is 5.75 Å². The molecule has 1 aliphatic carbocycles. The van der Waals surface area contributed by atoms with Crippen LogP contribution >= 0.6 is 0 Å². The molecule has 2 amide bonds. The fraction of sp³-hybridized carbons (Fsp3) is 0.417. The van der Waals surface area contributed by atoms with Gasteiger partial charge in [0, 0.05) is 37.4 Å². The van der Waals surface area contributed by atoms with Gasteiger partial charge in [-0.25, -0.2) is 0 Å². The molecule has 0 spiro atoms. The molecule has 30 heavy (non-hydrogen) atoms. The van der Waals surface area contributed by atoms with Crippen LogP contribution in [0.2, 0.25) is 0 Å². The standard InChI is InChI=1S/C24H26N2O4/c1-2-13-26(17-22-4-3-16-29-22)24(28)19-7-9-20(10-8-19)30-21-11-14-25(15-12-21)23(27)18-5-6-18/h1,3-4,7-10,16,18,21H,5-6,11-15,17H2. The van der Waals surface area contributed by atoms with Crippen molar-refractivity contribution >= 4 is 11.8 Å². The SMILES string of the molecule is C#CCN(Cc1ccco1)C(=O)c1ccc(OC2CCN(C(=O)C3CC3)CC2)cc1. The zero-order valence-electron chi connectivity index (χ0n) is 17.0. The highest BCUT2D eigenvalue weighted by atomic mass is 16.5. The molecule has 1 aromatic carbocycles. The first-order valence-electron chi connectivity index (χ1n) is 10.4. The van der Waals surface area contributed by atoms with Gasteiger partial charge in [-0.2, -0.15) is 0 Å². The summed E-state index contributed by atoms with van der Waals surface area (Å²) in [6.07, 6.45) is 10.8. The number of ether oxygens (including phenoxy) is 1. The highest BCUT2D eigenvalue weighted by Gasteiger charge is 2.35. The Morgan fingerprint density at radius 2 is 1.87 bits per heavy atom. The lowest BCUT2D eigenvalue weighted by Crippen LogP contribution is -2.42. The summed E-state index contributed by atoms with van der Waals surface area (Å²) in [6.45, 7) is 2.04. The Morgan fingerprint density at radius 3 is 2.47 bits per heavy atom. The number of carbonyl (C=O) groups excluding carboxylic acids is 2. The third-order valence-electron chi connectivity index (χ3n) is 5.58. The molecule has 1 saturated heterocycles. The molecule has 0 radical (unpaired) electrons. The van der Waals surface area contributed by atoms with E-state index in [1.807, 2.05) is 23.1 Å². The Morgan fingerprint density at radius 1 is 1.13 bits per heavy atom. The van der Waals surface area contributed by atoms with Crippen molar-refractivity contribution in [1.82, 2.24) is 9.80 Å². The maximum Gasteiger partial charge on any atom is 0.255 e. The van der Waals surface area contributed by atoms with E-state index in [1.165, 1.54) is 0 Å². The topological polar surface area (TPSA) is 63.0 Å². The Balaban J connectivity index is 1.31. The van der Waals surface area contributed by atoms with E-state index in [9.17, 15) is 9.59 Å². The zero-order chi connectivity index (χ0) is 20.9. The number of terminal acetylenes is 1. The minimum atomic E-state index is -0.150. The van der Waals surface area contributed by atoms with Crippen LogP contribution in [-0.4, -0.2) is 47.4 Å². The van der Waals surface area contributed by atoms with Gasteiger partial charge in [0.1, 0.15) is 17.6 Å². The molecule has 2 aliphatic rings. The highest BCUT2D eigenvalue weighted by Crippen LogP contribution is 2.32. The third kappa shape index (κ3) is 4.85. The molecule has 2 fully saturated rings. The van der Waals surface area contributed by atoms with Gasteiger partial charge in [-0.1, -0.05) is 5.92 Å². The molecular formula is C24H26N2O4. The second-order valence-corrected chi connectivity index (χ2v) is 7.89. The molecule has 0 atom stereocenters. The molecule has 2 aromatic rings. The fourth-order valence-corrected chi connectivity index (χ4v) is 3.73. The van der Waals surface area contributed by atoms with Gasteiger partial charge < -0.3 is 19.0 Å². The quantitative estimate of drug-likeness (QED) is 0.662. The first kappa shape index (κ1) is 20.1. The van der Waals surface area contributed by atoms with Gasteiger partial charge in [0.25, 0.3) is 5.91 Å². The van der Waals surface area contributed by atoms with Crippen molar-refractivity contribution in [1.29, 1.82) is 0 Å². The molecule has 0 N–H and O–H groups in total. The summed E-state index contributed by atoms with van der Waals surface area (Å²) >= 11 is 0. The van der Waals surface area contributed by atoms with Crippen LogP contribution in [0.1, 0.15) is 41.8 Å². The van der Waals surface area contributed by atoms with Crippen molar-refractivity contribution < 1.29 is 18.7 Å². The minimum Gasteiger partial charge on any atom is -0.490 e. The van der Waals surface area contributed by atoms with Gasteiger partial charge in [-0.05, 0) is 49.2 Å². The molecule has 1 saturated carbocycles. The first-order chi connectivity index (χ1) is 14.6. The Bertz CT molecular complexity index is 902. The van der Waals surface area contributed by atoms with Crippen LogP contribution in [0.3, 0.4) is 0 Å². The van der Waals surface area contributed by atoms with Gasteiger partial charge >= 0.3 is 0 Å². The summed E-state index contributed by atoms with van der Waals surface area (Å²) in [7, 11) is 0. The van der Waals surface area contributed by atoms with E-state index in [0.717, 1.165) is 44.5 Å². The monoisotopic (exact) mass is 406 g/mol. The van der Waals surface area contributed by atoms with Crippen molar-refractivity contribution in [3.63, 3.8) is 0 Å². The molecule has 1 aromatic heterocycles. The largest absolute Gasteiger partial charge is 0.490 e. The van der Waals surface area contributed by atoms with Crippen molar-refractivity contribution in [3.8, 4) is 18.1 Å². The number of carbonyl (C=O) groups is 2. The predicted octanol–water partition coefficient (Wildman–Crippen LogP) is 3.34. The molecule has 6 nitrogen and oxygen atoms in total. The number of piperidine rings is 1. The van der Waals surface area contributed by atoms with Crippen molar-refractivity contribution in [2.45, 2.75) is 38.3 Å². The molecule has 2 heterocycles. The van der Waals surface area contributed by atoms with Crippen LogP contribution in [0.4, 0.5) is 0 Å². The van der Waals surface area contributed by atoms with Crippen molar-refractivity contribution in [2.24, 2.45) is 5.92 Å². The van der Waals surface area contributed by atoms with Crippen LogP contribution in [0.25, 0.3) is 0 Å². The summed E-state index contributed by atoms with van der Waals surface area (Å²) < 4.78 is 11.4. The molecule has 0 bridgehead atoms. The van der Waals surface area contributed by atoms with Gasteiger partial charge in [0.05, 0.1) is 19.4 Å². The van der Waals surface area contributed by atoms with E-state index >= 15 is 0 Å². The zero-order valence-corrected chi connectivity index (χ0v) is 17.0. The third-order valence-corrected chi connectivity index (χ3v) is 5.58. The normalized spacial score (nSPS) is 16.7. The lowest BCUT2D eigenvalue weighted by molar-refractivity contribution is -0.134. The summed E-state index contributed by atoms with van der Waals surface area (Å²) in [6, 6.07) is 10.7. The molecule has 0 unspecified atom stereocenters. The Kier molecular flexibility index (Phi) is 6.08. The average molecular weight is 406 g/mol. The van der Waals surface area contributed by atoms with Gasteiger partial charge in [0.2, 0.25) is 5.91 Å². The van der Waals surface area contributed by atoms with Gasteiger partial charge in [-0.15, -0.1) is 6.42 Å². The molecule has 156 valence electrons. The van der Waals surface area contributed by atoms with Gasteiger partial charge in [0.15, 0.2) is 0 Å². The maximum absolute atomic E-state index is 12.8. The second-order valence-electron chi connectivity index (χ2n) is 7.89. The van der Waals surface area contributed by atoms with Crippen molar-refractivity contribution in [3.05, 3.63) is 54.0 Å². The summed E-state index contributed by atoms with van der Waals surface area (Å²) in [5.41, 5.74) is 0.550. The molecule has 6 heteroatoms. The number of rotatable bonds is 7. The van der Waals surface area contributed by atoms with E-state index < -0.39 is 0 Å². The van der Waals surface area contributed by atoms with Crippen LogP contribution < -0.4 is 4.74 Å². The number of amides is 2. The van der Waals surface area contributed by atoms with E-state index in [4.69, 9.17) is 15.6 Å². The minimum absolute atomic E-state index is 0.0895. The van der Waals surface area contributed by atoms with Crippen LogP contribution in [0, 0.1) is 18.3 Å². The maximum atomic E-state index is 12.8. The number of hydrogen-bond donors (Lipinski definition) is 0. The predicted molar refractivity (Wildman–Crippen MR) is 112 cm³/mol. The number of furan rings is 1. The van der Waals surface area contributed by atoms with Crippen LogP contribution in [0.15, 0.2) is 47.1 Å². The summed E-state index contributed by atoms with van der Waals surface area (Å²) in [5.74, 6) is 4.37. The number of nitrogens with zero attached hydrogens (tertiary/aromatic N) is 2. The van der Waals surface area contributed by atoms with E-state index in [2.05, 4.69) is 5.92 Å². The first-order valence-corrected chi connectivity index (χ1v) is 10.4. The molecule has 4 rings (SSSR count). The van der Waals surface area contributed by atoms with E-state index in [0.29, 0.717) is 23.8 Å². The lowest BCUT2D eigenvalue weighted by atomic mass is 10.1. The van der Waals surface area contributed by atoms with E-state index in [1.54, 1.807) is 29.4 Å². The lowest BCUT2D eigenvalue weighted by Gasteiger charge is -2.32. The summed E-state index contributed by atoms with van der Waals surface area (Å²) in [4.78, 5) is 28.5. The number of hydrogen-bond acceptors (Lipinski definition) is 4. The Labute approximate surface area is 176 Å². The molecular weight excluding hydrogens is 380 g/mol. The number of benzene rings is 1. The molecule has 1 aliphatic heterocycles. The summed E-state index contributed by atoms with van der Waals surface area (Å²) in [5, 5.41) is 0. The van der Waals surface area contributed by atoms with Crippen molar-refractivity contribution in [2.75, 3.05) is 19.6 Å². The van der Waals surface area contributed by atoms with E-state index in [-0.39, 0.29) is 24.5 Å². The second kappa shape index (κ2) is 9.08. The fourth-order valence-electron chi connectivity index (χ4n) is 3.73. The van der Waals surface area contributed by atoms with Crippen LogP contribution in [-0.2, 0) is 11.3 Å². The number of likely N-dealkylation sites (tertiary alicyclic amines) is 1.